The van der Waals surface area contributed by atoms with Gasteiger partial charge in [-0.15, -0.1) is 0 Å². The topological polar surface area (TPSA) is 95.6 Å². The number of rotatable bonds is 6. The SMILES string of the molecule is CC(=O)NCCNC(=O)C1CCN(S(=O)(=O)c2ccccc2C(F)(F)F)CC1. The lowest BCUT2D eigenvalue weighted by atomic mass is 9.97. The monoisotopic (exact) mass is 421 g/mol. The zero-order valence-corrected chi connectivity index (χ0v) is 16.1. The Hall–Kier alpha value is -2.14. The third kappa shape index (κ3) is 5.44. The van der Waals surface area contributed by atoms with Gasteiger partial charge in [-0.2, -0.15) is 17.5 Å². The van der Waals surface area contributed by atoms with Gasteiger partial charge in [-0.3, -0.25) is 9.59 Å². The van der Waals surface area contributed by atoms with Crippen molar-refractivity contribution in [1.82, 2.24) is 14.9 Å². The first kappa shape index (κ1) is 22.2. The second kappa shape index (κ2) is 8.91. The number of carbonyl (C=O) groups excluding carboxylic acids is 2. The number of nitrogens with zero attached hydrogens (tertiary/aromatic N) is 1. The predicted molar refractivity (Wildman–Crippen MR) is 94.6 cm³/mol. The van der Waals surface area contributed by atoms with Crippen LogP contribution in [0.1, 0.15) is 25.3 Å². The molecule has 156 valence electrons. The molecule has 28 heavy (non-hydrogen) atoms. The van der Waals surface area contributed by atoms with Gasteiger partial charge in [-0.25, -0.2) is 8.42 Å². The van der Waals surface area contributed by atoms with Crippen LogP contribution in [-0.2, 0) is 25.8 Å². The number of benzene rings is 1. The Labute approximate surface area is 161 Å². The van der Waals surface area contributed by atoms with Crippen LogP contribution in [0.2, 0.25) is 0 Å². The molecule has 0 aromatic heterocycles. The van der Waals surface area contributed by atoms with Gasteiger partial charge in [-0.1, -0.05) is 12.1 Å². The van der Waals surface area contributed by atoms with E-state index in [0.717, 1.165) is 22.5 Å². The van der Waals surface area contributed by atoms with E-state index in [-0.39, 0.29) is 50.8 Å². The van der Waals surface area contributed by atoms with Crippen molar-refractivity contribution in [3.63, 3.8) is 0 Å². The minimum absolute atomic E-state index is 0.0433. The van der Waals surface area contributed by atoms with Crippen molar-refractivity contribution in [2.24, 2.45) is 5.92 Å². The first-order valence-electron chi connectivity index (χ1n) is 8.72. The Morgan fingerprint density at radius 1 is 1.11 bits per heavy atom. The van der Waals surface area contributed by atoms with Gasteiger partial charge in [0.05, 0.1) is 10.5 Å². The molecule has 1 fully saturated rings. The van der Waals surface area contributed by atoms with E-state index in [9.17, 15) is 31.2 Å². The quantitative estimate of drug-likeness (QED) is 0.678. The van der Waals surface area contributed by atoms with Gasteiger partial charge in [0.15, 0.2) is 0 Å². The van der Waals surface area contributed by atoms with E-state index in [4.69, 9.17) is 0 Å². The van der Waals surface area contributed by atoms with Gasteiger partial charge >= 0.3 is 6.18 Å². The molecule has 0 radical (unpaired) electrons. The molecule has 2 rings (SSSR count). The summed E-state index contributed by atoms with van der Waals surface area (Å²) in [7, 11) is -4.32. The summed E-state index contributed by atoms with van der Waals surface area (Å²) in [6.07, 6.45) is -4.37. The summed E-state index contributed by atoms with van der Waals surface area (Å²) >= 11 is 0. The van der Waals surface area contributed by atoms with Crippen LogP contribution in [0.4, 0.5) is 13.2 Å². The van der Waals surface area contributed by atoms with Gasteiger partial charge < -0.3 is 10.6 Å². The van der Waals surface area contributed by atoms with Gasteiger partial charge in [0.25, 0.3) is 0 Å². The normalized spacial score (nSPS) is 16.6. The lowest BCUT2D eigenvalue weighted by Gasteiger charge is -2.31. The lowest BCUT2D eigenvalue weighted by molar-refractivity contribution is -0.140. The van der Waals surface area contributed by atoms with Crippen LogP contribution in [-0.4, -0.2) is 50.7 Å². The Morgan fingerprint density at radius 3 is 2.25 bits per heavy atom. The van der Waals surface area contributed by atoms with E-state index in [1.165, 1.54) is 13.0 Å². The fourth-order valence-electron chi connectivity index (χ4n) is 2.99. The molecule has 2 amide bonds. The average Bonchev–Trinajstić information content (AvgIpc) is 2.64. The number of amides is 2. The van der Waals surface area contributed by atoms with E-state index in [1.54, 1.807) is 0 Å². The Bertz CT molecular complexity index is 819. The maximum atomic E-state index is 13.1. The zero-order chi connectivity index (χ0) is 20.9. The third-order valence-electron chi connectivity index (χ3n) is 4.43. The van der Waals surface area contributed by atoms with Gasteiger partial charge in [0, 0.05) is 39.0 Å². The highest BCUT2D eigenvalue weighted by Gasteiger charge is 2.40. The van der Waals surface area contributed by atoms with Crippen LogP contribution in [0.15, 0.2) is 29.2 Å². The van der Waals surface area contributed by atoms with Crippen molar-refractivity contribution < 1.29 is 31.2 Å². The van der Waals surface area contributed by atoms with Crippen LogP contribution in [0.25, 0.3) is 0 Å². The lowest BCUT2D eigenvalue weighted by Crippen LogP contribution is -2.44. The zero-order valence-electron chi connectivity index (χ0n) is 15.3. The molecule has 0 spiro atoms. The molecule has 0 unspecified atom stereocenters. The molecular formula is C17H22F3N3O4S. The van der Waals surface area contributed by atoms with Crippen LogP contribution in [0, 0.1) is 5.92 Å². The number of piperidine rings is 1. The van der Waals surface area contributed by atoms with Crippen molar-refractivity contribution in [3.8, 4) is 0 Å². The molecule has 1 saturated heterocycles. The standard InChI is InChI=1S/C17H22F3N3O4S/c1-12(24)21-8-9-22-16(25)13-6-10-23(11-7-13)28(26,27)15-5-3-2-4-14(15)17(18,19)20/h2-5,13H,6-11H2,1H3,(H,21,24)(H,22,25). The number of nitrogens with one attached hydrogen (secondary N) is 2. The van der Waals surface area contributed by atoms with Crippen molar-refractivity contribution in [1.29, 1.82) is 0 Å². The third-order valence-corrected chi connectivity index (χ3v) is 6.39. The molecule has 0 bridgehead atoms. The number of sulfonamides is 1. The van der Waals surface area contributed by atoms with Crippen molar-refractivity contribution in [2.45, 2.75) is 30.8 Å². The number of halogens is 3. The summed E-state index contributed by atoms with van der Waals surface area (Å²) in [6, 6.07) is 4.07. The summed E-state index contributed by atoms with van der Waals surface area (Å²) in [5, 5.41) is 5.18. The van der Waals surface area contributed by atoms with Crippen LogP contribution >= 0.6 is 0 Å². The summed E-state index contributed by atoms with van der Waals surface area (Å²) < 4.78 is 65.8. The van der Waals surface area contributed by atoms with E-state index in [0.29, 0.717) is 0 Å². The maximum Gasteiger partial charge on any atom is 0.417 e. The summed E-state index contributed by atoms with van der Waals surface area (Å²) in [5.41, 5.74) is -1.20. The van der Waals surface area contributed by atoms with Crippen molar-refractivity contribution >= 4 is 21.8 Å². The van der Waals surface area contributed by atoms with Crippen molar-refractivity contribution in [2.75, 3.05) is 26.2 Å². The predicted octanol–water partition coefficient (Wildman–Crippen LogP) is 1.36. The number of hydrogen-bond donors (Lipinski definition) is 2. The molecule has 0 aliphatic carbocycles. The van der Waals surface area contributed by atoms with Crippen LogP contribution < -0.4 is 10.6 Å². The fraction of sp³-hybridized carbons (Fsp3) is 0.529. The first-order valence-corrected chi connectivity index (χ1v) is 10.2. The molecule has 2 N–H and O–H groups in total. The fourth-order valence-corrected chi connectivity index (χ4v) is 4.67. The molecule has 1 aliphatic rings. The van der Waals surface area contributed by atoms with Gasteiger partial charge in [0.2, 0.25) is 21.8 Å². The highest BCUT2D eigenvalue weighted by Crippen LogP contribution is 2.36. The van der Waals surface area contributed by atoms with E-state index in [1.807, 2.05) is 0 Å². The van der Waals surface area contributed by atoms with E-state index in [2.05, 4.69) is 10.6 Å². The molecule has 1 aliphatic heterocycles. The number of alkyl halides is 3. The molecule has 0 saturated carbocycles. The largest absolute Gasteiger partial charge is 0.417 e. The second-order valence-corrected chi connectivity index (χ2v) is 8.35. The summed E-state index contributed by atoms with van der Waals surface area (Å²) in [4.78, 5) is 22.1. The van der Waals surface area contributed by atoms with E-state index >= 15 is 0 Å². The Balaban J connectivity index is 1.99. The van der Waals surface area contributed by atoms with Crippen molar-refractivity contribution in [3.05, 3.63) is 29.8 Å². The molecule has 1 heterocycles. The highest BCUT2D eigenvalue weighted by atomic mass is 32.2. The summed E-state index contributed by atoms with van der Waals surface area (Å²) in [5.74, 6) is -0.911. The van der Waals surface area contributed by atoms with E-state index < -0.39 is 32.6 Å². The average molecular weight is 421 g/mol. The number of carbonyl (C=O) groups is 2. The Morgan fingerprint density at radius 2 is 1.68 bits per heavy atom. The molecule has 0 atom stereocenters. The minimum Gasteiger partial charge on any atom is -0.355 e. The molecule has 1 aromatic carbocycles. The van der Waals surface area contributed by atoms with Crippen LogP contribution in [0.3, 0.4) is 0 Å². The smallest absolute Gasteiger partial charge is 0.355 e. The molecule has 11 heteroatoms. The highest BCUT2D eigenvalue weighted by molar-refractivity contribution is 7.89. The van der Waals surface area contributed by atoms with Gasteiger partial charge in [0.1, 0.15) is 0 Å². The Kier molecular flexibility index (Phi) is 7.05. The molecular weight excluding hydrogens is 399 g/mol. The number of hydrogen-bond acceptors (Lipinski definition) is 4. The minimum atomic E-state index is -4.78. The first-order chi connectivity index (χ1) is 13.0. The summed E-state index contributed by atoms with van der Waals surface area (Å²) in [6.45, 7) is 1.80. The second-order valence-electron chi connectivity index (χ2n) is 6.45. The van der Waals surface area contributed by atoms with Gasteiger partial charge in [-0.05, 0) is 25.0 Å². The molecule has 1 aromatic rings. The maximum absolute atomic E-state index is 13.1. The molecule has 7 nitrogen and oxygen atoms in total. The van der Waals surface area contributed by atoms with Crippen LogP contribution in [0.5, 0.6) is 0 Å².